The van der Waals surface area contributed by atoms with Crippen molar-refractivity contribution in [2.75, 3.05) is 6.61 Å². The molecule has 0 spiro atoms. The van der Waals surface area contributed by atoms with Gasteiger partial charge in [0.15, 0.2) is 0 Å². The van der Waals surface area contributed by atoms with E-state index in [0.29, 0.717) is 0 Å². The number of rotatable bonds is 7. The molecule has 0 aromatic carbocycles. The van der Waals surface area contributed by atoms with Crippen LogP contribution >= 0.6 is 0 Å². The second-order valence-electron chi connectivity index (χ2n) is 5.46. The van der Waals surface area contributed by atoms with Crippen molar-refractivity contribution >= 4 is 5.97 Å². The second kappa shape index (κ2) is 6.33. The fourth-order valence-corrected chi connectivity index (χ4v) is 1.67. The third-order valence-electron chi connectivity index (χ3n) is 2.36. The van der Waals surface area contributed by atoms with E-state index in [2.05, 4.69) is 0 Å². The predicted molar refractivity (Wildman–Crippen MR) is 63.4 cm³/mol. The number of aliphatic hydroxyl groups is 3. The smallest absolute Gasteiger partial charge is 0.302 e. The Hall–Kier alpha value is -0.650. The Morgan fingerprint density at radius 3 is 2.18 bits per heavy atom. The highest BCUT2D eigenvalue weighted by molar-refractivity contribution is 5.65. The number of hydrogen-bond donors (Lipinski definition) is 3. The SMILES string of the molecule is CC(=O)OCCC(C)(O)CC(O)CC(C)(C)O. The van der Waals surface area contributed by atoms with Crippen LogP contribution in [0, 0.1) is 0 Å². The highest BCUT2D eigenvalue weighted by atomic mass is 16.5. The fraction of sp³-hybridized carbons (Fsp3) is 0.917. The van der Waals surface area contributed by atoms with Gasteiger partial charge in [-0.25, -0.2) is 0 Å². The summed E-state index contributed by atoms with van der Waals surface area (Å²) in [5.74, 6) is -0.391. The monoisotopic (exact) mass is 248 g/mol. The van der Waals surface area contributed by atoms with Crippen molar-refractivity contribution in [2.45, 2.75) is 64.3 Å². The van der Waals surface area contributed by atoms with Crippen molar-refractivity contribution in [3.63, 3.8) is 0 Å². The first-order valence-corrected chi connectivity index (χ1v) is 5.78. The zero-order chi connectivity index (χ0) is 13.7. The number of hydrogen-bond acceptors (Lipinski definition) is 5. The molecule has 0 bridgehead atoms. The lowest BCUT2D eigenvalue weighted by Crippen LogP contribution is -2.35. The Kier molecular flexibility index (Phi) is 6.09. The molecule has 0 aliphatic carbocycles. The standard InChI is InChI=1S/C12H24O5/c1-9(13)17-6-5-12(4,16)8-10(14)7-11(2,3)15/h10,14-16H,5-8H2,1-4H3. The summed E-state index contributed by atoms with van der Waals surface area (Å²) < 4.78 is 4.73. The van der Waals surface area contributed by atoms with Gasteiger partial charge in [-0.15, -0.1) is 0 Å². The molecule has 3 N–H and O–H groups in total. The normalized spacial score (nSPS) is 17.4. The number of carbonyl (C=O) groups is 1. The van der Waals surface area contributed by atoms with Gasteiger partial charge in [-0.1, -0.05) is 0 Å². The number of carbonyl (C=O) groups excluding carboxylic acids is 1. The van der Waals surface area contributed by atoms with Crippen molar-refractivity contribution in [1.29, 1.82) is 0 Å². The third-order valence-corrected chi connectivity index (χ3v) is 2.36. The second-order valence-corrected chi connectivity index (χ2v) is 5.46. The van der Waals surface area contributed by atoms with Crippen LogP contribution in [0.4, 0.5) is 0 Å². The first kappa shape index (κ1) is 16.4. The van der Waals surface area contributed by atoms with E-state index >= 15 is 0 Å². The maximum atomic E-state index is 10.6. The van der Waals surface area contributed by atoms with Crippen LogP contribution in [0.5, 0.6) is 0 Å². The number of aliphatic hydroxyl groups excluding tert-OH is 1. The topological polar surface area (TPSA) is 87.0 Å². The minimum absolute atomic E-state index is 0.123. The van der Waals surface area contributed by atoms with Crippen molar-refractivity contribution in [3.05, 3.63) is 0 Å². The van der Waals surface area contributed by atoms with Gasteiger partial charge in [-0.3, -0.25) is 4.79 Å². The van der Waals surface area contributed by atoms with Crippen molar-refractivity contribution in [2.24, 2.45) is 0 Å². The summed E-state index contributed by atoms with van der Waals surface area (Å²) in [6.45, 7) is 6.20. The van der Waals surface area contributed by atoms with Crippen LogP contribution < -0.4 is 0 Å². The summed E-state index contributed by atoms with van der Waals surface area (Å²) >= 11 is 0. The molecule has 5 nitrogen and oxygen atoms in total. The van der Waals surface area contributed by atoms with Crippen LogP contribution in [-0.4, -0.2) is 45.2 Å². The van der Waals surface area contributed by atoms with Crippen LogP contribution in [0.15, 0.2) is 0 Å². The molecule has 0 fully saturated rings. The van der Waals surface area contributed by atoms with Crippen molar-refractivity contribution in [1.82, 2.24) is 0 Å². The Morgan fingerprint density at radius 2 is 1.76 bits per heavy atom. The Bertz CT molecular complexity index is 242. The molecule has 0 aliphatic rings. The van der Waals surface area contributed by atoms with E-state index in [1.807, 2.05) is 0 Å². The van der Waals surface area contributed by atoms with E-state index < -0.39 is 23.3 Å². The molecule has 0 saturated heterocycles. The molecular weight excluding hydrogens is 224 g/mol. The summed E-state index contributed by atoms with van der Waals surface area (Å²) in [6, 6.07) is 0. The Balaban J connectivity index is 4.02. The van der Waals surface area contributed by atoms with Crippen molar-refractivity contribution < 1.29 is 24.9 Å². The van der Waals surface area contributed by atoms with Crippen molar-refractivity contribution in [3.8, 4) is 0 Å². The lowest BCUT2D eigenvalue weighted by molar-refractivity contribution is -0.142. The van der Waals surface area contributed by atoms with E-state index in [1.165, 1.54) is 6.92 Å². The zero-order valence-corrected chi connectivity index (χ0v) is 11.1. The maximum Gasteiger partial charge on any atom is 0.302 e. The number of esters is 1. The lowest BCUT2D eigenvalue weighted by Gasteiger charge is -2.28. The maximum absolute atomic E-state index is 10.6. The molecule has 102 valence electrons. The molecule has 5 heteroatoms. The fourth-order valence-electron chi connectivity index (χ4n) is 1.67. The lowest BCUT2D eigenvalue weighted by atomic mass is 9.90. The summed E-state index contributed by atoms with van der Waals surface area (Å²) in [6.07, 6.45) is -0.202. The van der Waals surface area contributed by atoms with E-state index in [9.17, 15) is 20.1 Å². The highest BCUT2D eigenvalue weighted by Gasteiger charge is 2.28. The van der Waals surface area contributed by atoms with Crippen LogP contribution in [-0.2, 0) is 9.53 Å². The van der Waals surface area contributed by atoms with Crippen LogP contribution in [0.1, 0.15) is 47.0 Å². The van der Waals surface area contributed by atoms with E-state index in [1.54, 1.807) is 20.8 Å². The van der Waals surface area contributed by atoms with E-state index in [4.69, 9.17) is 4.74 Å². The summed E-state index contributed by atoms with van der Waals surface area (Å²) in [5.41, 5.74) is -2.08. The molecule has 0 rings (SSSR count). The number of ether oxygens (including phenoxy) is 1. The van der Waals surface area contributed by atoms with Gasteiger partial charge in [0.2, 0.25) is 0 Å². The van der Waals surface area contributed by atoms with Gasteiger partial charge >= 0.3 is 5.97 Å². The highest BCUT2D eigenvalue weighted by Crippen LogP contribution is 2.22. The molecule has 0 saturated carbocycles. The molecule has 17 heavy (non-hydrogen) atoms. The quantitative estimate of drug-likeness (QED) is 0.574. The van der Waals surface area contributed by atoms with Gasteiger partial charge in [-0.05, 0) is 20.8 Å². The van der Waals surface area contributed by atoms with E-state index in [-0.39, 0.29) is 25.9 Å². The predicted octanol–water partition coefficient (Wildman–Crippen LogP) is 0.603. The van der Waals surface area contributed by atoms with Gasteiger partial charge in [0, 0.05) is 26.2 Å². The minimum Gasteiger partial charge on any atom is -0.466 e. The molecule has 2 atom stereocenters. The van der Waals surface area contributed by atoms with E-state index in [0.717, 1.165) is 0 Å². The minimum atomic E-state index is -1.11. The summed E-state index contributed by atoms with van der Waals surface area (Å²) in [5, 5.41) is 29.2. The van der Waals surface area contributed by atoms with Gasteiger partial charge in [0.25, 0.3) is 0 Å². The average molecular weight is 248 g/mol. The van der Waals surface area contributed by atoms with Gasteiger partial charge < -0.3 is 20.1 Å². The molecule has 2 unspecified atom stereocenters. The first-order valence-electron chi connectivity index (χ1n) is 5.78. The largest absolute Gasteiger partial charge is 0.466 e. The van der Waals surface area contributed by atoms with Gasteiger partial charge in [-0.2, -0.15) is 0 Å². The molecule has 0 heterocycles. The zero-order valence-electron chi connectivity index (χ0n) is 11.1. The van der Waals surface area contributed by atoms with Crippen LogP contribution in [0.2, 0.25) is 0 Å². The summed E-state index contributed by atoms with van der Waals surface area (Å²) in [7, 11) is 0. The summed E-state index contributed by atoms with van der Waals surface area (Å²) in [4.78, 5) is 10.6. The molecule has 0 aromatic heterocycles. The first-order chi connectivity index (χ1) is 7.52. The van der Waals surface area contributed by atoms with Crippen LogP contribution in [0.25, 0.3) is 0 Å². The van der Waals surface area contributed by atoms with Crippen LogP contribution in [0.3, 0.4) is 0 Å². The van der Waals surface area contributed by atoms with Gasteiger partial charge in [0.05, 0.1) is 23.9 Å². The average Bonchev–Trinajstić information content (AvgIpc) is 1.96. The molecule has 0 amide bonds. The molecule has 0 radical (unpaired) electrons. The molecule has 0 aliphatic heterocycles. The Labute approximate surface area is 102 Å². The Morgan fingerprint density at radius 1 is 1.24 bits per heavy atom. The van der Waals surface area contributed by atoms with Gasteiger partial charge in [0.1, 0.15) is 0 Å². The molecule has 0 aromatic rings. The third kappa shape index (κ3) is 10.2. The molecular formula is C12H24O5.